The quantitative estimate of drug-likeness (QED) is 0.848. The first-order valence-electron chi connectivity index (χ1n) is 7.90. The molecule has 0 radical (unpaired) electrons. The Morgan fingerprint density at radius 1 is 1.26 bits per heavy atom. The minimum Gasteiger partial charge on any atom is -0.381 e. The van der Waals surface area contributed by atoms with Crippen molar-refractivity contribution in [2.75, 3.05) is 32.6 Å². The smallest absolute Gasteiger partial charge is 0.241 e. The van der Waals surface area contributed by atoms with Gasteiger partial charge in [-0.3, -0.25) is 9.59 Å². The Morgan fingerprint density at radius 3 is 2.43 bits per heavy atom. The Labute approximate surface area is 137 Å². The molecular weight excluding hydrogens is 294 g/mol. The topological polar surface area (TPSA) is 84.7 Å². The van der Waals surface area contributed by atoms with Gasteiger partial charge in [-0.25, -0.2) is 0 Å². The number of rotatable bonds is 5. The summed E-state index contributed by atoms with van der Waals surface area (Å²) in [5.41, 5.74) is 7.66. The number of likely N-dealkylation sites (N-methyl/N-ethyl adjacent to an activating group) is 1. The van der Waals surface area contributed by atoms with E-state index in [2.05, 4.69) is 5.32 Å². The number of amides is 2. The van der Waals surface area contributed by atoms with Gasteiger partial charge in [0, 0.05) is 33.0 Å². The van der Waals surface area contributed by atoms with E-state index >= 15 is 0 Å². The van der Waals surface area contributed by atoms with Crippen molar-refractivity contribution in [1.82, 2.24) is 4.90 Å². The maximum absolute atomic E-state index is 12.2. The first-order chi connectivity index (χ1) is 11.0. The SMILES string of the molecule is CN(C)C(=O)Cc1ccc(NC(=O)C(N)C2CCOCC2)cc1. The maximum atomic E-state index is 12.2. The van der Waals surface area contributed by atoms with Gasteiger partial charge in [-0.15, -0.1) is 0 Å². The van der Waals surface area contributed by atoms with Crippen LogP contribution in [0.1, 0.15) is 18.4 Å². The fraction of sp³-hybridized carbons (Fsp3) is 0.529. The van der Waals surface area contributed by atoms with E-state index < -0.39 is 6.04 Å². The first kappa shape index (κ1) is 17.4. The van der Waals surface area contributed by atoms with Gasteiger partial charge in [0.15, 0.2) is 0 Å². The number of carbonyl (C=O) groups excluding carboxylic acids is 2. The molecule has 2 rings (SSSR count). The van der Waals surface area contributed by atoms with Crippen molar-refractivity contribution in [2.24, 2.45) is 11.7 Å². The van der Waals surface area contributed by atoms with E-state index in [1.165, 1.54) is 0 Å². The summed E-state index contributed by atoms with van der Waals surface area (Å²) >= 11 is 0. The summed E-state index contributed by atoms with van der Waals surface area (Å²) in [7, 11) is 3.46. The number of nitrogens with zero attached hydrogens (tertiary/aromatic N) is 1. The third-order valence-electron chi connectivity index (χ3n) is 4.15. The van der Waals surface area contributed by atoms with Gasteiger partial charge in [-0.1, -0.05) is 12.1 Å². The first-order valence-corrected chi connectivity index (χ1v) is 7.90. The summed E-state index contributed by atoms with van der Waals surface area (Å²) in [5, 5.41) is 2.84. The molecule has 23 heavy (non-hydrogen) atoms. The zero-order valence-electron chi connectivity index (χ0n) is 13.7. The lowest BCUT2D eigenvalue weighted by atomic mass is 9.92. The average molecular weight is 319 g/mol. The highest BCUT2D eigenvalue weighted by Crippen LogP contribution is 2.19. The number of ether oxygens (including phenoxy) is 1. The van der Waals surface area contributed by atoms with Crippen LogP contribution in [0.3, 0.4) is 0 Å². The second-order valence-corrected chi connectivity index (χ2v) is 6.13. The molecule has 1 saturated heterocycles. The summed E-state index contributed by atoms with van der Waals surface area (Å²) in [6.07, 6.45) is 1.99. The highest BCUT2D eigenvalue weighted by molar-refractivity contribution is 5.95. The number of hydrogen-bond donors (Lipinski definition) is 2. The van der Waals surface area contributed by atoms with Gasteiger partial charge in [0.1, 0.15) is 0 Å². The van der Waals surface area contributed by atoms with E-state index in [1.807, 2.05) is 12.1 Å². The highest BCUT2D eigenvalue weighted by Gasteiger charge is 2.26. The summed E-state index contributed by atoms with van der Waals surface area (Å²) < 4.78 is 5.29. The molecule has 0 aliphatic carbocycles. The molecule has 0 bridgehead atoms. The van der Waals surface area contributed by atoms with Gasteiger partial charge in [0.25, 0.3) is 0 Å². The van der Waals surface area contributed by atoms with Crippen LogP contribution in [-0.4, -0.2) is 50.1 Å². The largest absolute Gasteiger partial charge is 0.381 e. The molecule has 2 amide bonds. The molecule has 1 aliphatic rings. The molecule has 1 aliphatic heterocycles. The molecule has 0 aromatic heterocycles. The predicted molar refractivity (Wildman–Crippen MR) is 89.0 cm³/mol. The van der Waals surface area contributed by atoms with E-state index in [-0.39, 0.29) is 17.7 Å². The molecule has 1 unspecified atom stereocenters. The Balaban J connectivity index is 1.89. The van der Waals surface area contributed by atoms with Crippen LogP contribution in [0.15, 0.2) is 24.3 Å². The van der Waals surface area contributed by atoms with Crippen molar-refractivity contribution in [3.63, 3.8) is 0 Å². The van der Waals surface area contributed by atoms with Crippen LogP contribution in [0.2, 0.25) is 0 Å². The molecule has 3 N–H and O–H groups in total. The van der Waals surface area contributed by atoms with Crippen molar-refractivity contribution in [3.8, 4) is 0 Å². The average Bonchev–Trinajstić information content (AvgIpc) is 2.56. The van der Waals surface area contributed by atoms with Crippen LogP contribution in [0.25, 0.3) is 0 Å². The molecule has 126 valence electrons. The molecule has 1 aromatic rings. The second-order valence-electron chi connectivity index (χ2n) is 6.13. The number of hydrogen-bond acceptors (Lipinski definition) is 4. The molecule has 1 heterocycles. The lowest BCUT2D eigenvalue weighted by Crippen LogP contribution is -2.44. The van der Waals surface area contributed by atoms with Crippen molar-refractivity contribution < 1.29 is 14.3 Å². The van der Waals surface area contributed by atoms with Gasteiger partial charge in [-0.2, -0.15) is 0 Å². The molecular formula is C17H25N3O3. The third kappa shape index (κ3) is 5.04. The van der Waals surface area contributed by atoms with Crippen molar-refractivity contribution in [2.45, 2.75) is 25.3 Å². The summed E-state index contributed by atoms with van der Waals surface area (Å²) in [4.78, 5) is 25.5. The molecule has 1 fully saturated rings. The summed E-state index contributed by atoms with van der Waals surface area (Å²) in [6, 6.07) is 6.77. The van der Waals surface area contributed by atoms with E-state index in [1.54, 1.807) is 31.1 Å². The Kier molecular flexibility index (Phi) is 6.12. The van der Waals surface area contributed by atoms with Gasteiger partial charge >= 0.3 is 0 Å². The zero-order chi connectivity index (χ0) is 16.8. The Bertz CT molecular complexity index is 537. The number of anilines is 1. The number of nitrogens with two attached hydrogens (primary N) is 1. The second kappa shape index (κ2) is 8.08. The van der Waals surface area contributed by atoms with Crippen LogP contribution >= 0.6 is 0 Å². The zero-order valence-corrected chi connectivity index (χ0v) is 13.7. The number of benzene rings is 1. The monoisotopic (exact) mass is 319 g/mol. The Hall–Kier alpha value is -1.92. The molecule has 0 spiro atoms. The van der Waals surface area contributed by atoms with Crippen molar-refractivity contribution in [3.05, 3.63) is 29.8 Å². The minimum atomic E-state index is -0.520. The molecule has 6 nitrogen and oxygen atoms in total. The standard InChI is InChI=1S/C17H25N3O3/c1-20(2)15(21)11-12-3-5-14(6-4-12)19-17(22)16(18)13-7-9-23-10-8-13/h3-6,13,16H,7-11,18H2,1-2H3,(H,19,22). The number of nitrogens with one attached hydrogen (secondary N) is 1. The summed E-state index contributed by atoms with van der Waals surface area (Å²) in [6.45, 7) is 1.33. The minimum absolute atomic E-state index is 0.0447. The van der Waals surface area contributed by atoms with E-state index in [9.17, 15) is 9.59 Å². The number of carbonyl (C=O) groups is 2. The lowest BCUT2D eigenvalue weighted by Gasteiger charge is -2.26. The maximum Gasteiger partial charge on any atom is 0.241 e. The van der Waals surface area contributed by atoms with Crippen LogP contribution in [-0.2, 0) is 20.7 Å². The lowest BCUT2D eigenvalue weighted by molar-refractivity contribution is -0.128. The predicted octanol–water partition coefficient (Wildman–Crippen LogP) is 1.01. The van der Waals surface area contributed by atoms with Crippen molar-refractivity contribution in [1.29, 1.82) is 0 Å². The molecule has 1 aromatic carbocycles. The normalized spacial score (nSPS) is 16.7. The van der Waals surface area contributed by atoms with Gasteiger partial charge in [-0.05, 0) is 36.5 Å². The van der Waals surface area contributed by atoms with Crippen LogP contribution < -0.4 is 11.1 Å². The molecule has 1 atom stereocenters. The van der Waals surface area contributed by atoms with Gasteiger partial charge in [0.2, 0.25) is 11.8 Å². The van der Waals surface area contributed by atoms with Crippen molar-refractivity contribution >= 4 is 17.5 Å². The Morgan fingerprint density at radius 2 is 1.87 bits per heavy atom. The molecule has 6 heteroatoms. The fourth-order valence-electron chi connectivity index (χ4n) is 2.55. The molecule has 0 saturated carbocycles. The summed E-state index contributed by atoms with van der Waals surface area (Å²) in [5.74, 6) is 0.0399. The van der Waals surface area contributed by atoms with Crippen LogP contribution in [0.4, 0.5) is 5.69 Å². The van der Waals surface area contributed by atoms with Crippen LogP contribution in [0.5, 0.6) is 0 Å². The van der Waals surface area contributed by atoms with Gasteiger partial charge in [0.05, 0.1) is 12.5 Å². The fourth-order valence-corrected chi connectivity index (χ4v) is 2.55. The van der Waals surface area contributed by atoms with E-state index in [0.717, 1.165) is 18.4 Å². The van der Waals surface area contributed by atoms with Gasteiger partial charge < -0.3 is 20.7 Å². The van der Waals surface area contributed by atoms with Crippen LogP contribution in [0, 0.1) is 5.92 Å². The van der Waals surface area contributed by atoms with E-state index in [0.29, 0.717) is 25.3 Å². The van der Waals surface area contributed by atoms with E-state index in [4.69, 9.17) is 10.5 Å². The third-order valence-corrected chi connectivity index (χ3v) is 4.15. The highest BCUT2D eigenvalue weighted by atomic mass is 16.5.